The zero-order valence-corrected chi connectivity index (χ0v) is 13.8. The average Bonchev–Trinajstić information content (AvgIpc) is 3.25. The van der Waals surface area contributed by atoms with Crippen LogP contribution in [0.15, 0.2) is 52.5 Å². The highest BCUT2D eigenvalue weighted by atomic mass is 35.5. The minimum absolute atomic E-state index is 0.00220. The lowest BCUT2D eigenvalue weighted by Crippen LogP contribution is -2.00. The zero-order valence-electron chi connectivity index (χ0n) is 12.2. The second-order valence-corrected chi connectivity index (χ2v) is 6.09. The van der Waals surface area contributed by atoms with Gasteiger partial charge in [-0.25, -0.2) is 14.2 Å². The van der Waals surface area contributed by atoms with Crippen molar-refractivity contribution in [2.45, 2.75) is 6.61 Å². The van der Waals surface area contributed by atoms with Gasteiger partial charge in [0.25, 0.3) is 0 Å². The first-order valence-corrected chi connectivity index (χ1v) is 8.16. The molecular weight excluding hydrogens is 353 g/mol. The third-order valence-corrected chi connectivity index (χ3v) is 4.15. The Kier molecular flexibility index (Phi) is 5.08. The maximum Gasteiger partial charge on any atom is 0.331 e. The van der Waals surface area contributed by atoms with Crippen molar-refractivity contribution in [2.75, 3.05) is 0 Å². The number of carbonyl (C=O) groups is 1. The van der Waals surface area contributed by atoms with Crippen LogP contribution in [0.5, 0.6) is 0 Å². The van der Waals surface area contributed by atoms with Crippen LogP contribution in [-0.2, 0) is 16.1 Å². The molecule has 0 atom stereocenters. The summed E-state index contributed by atoms with van der Waals surface area (Å²) < 4.78 is 23.5. The van der Waals surface area contributed by atoms with Gasteiger partial charge in [0, 0.05) is 6.08 Å². The van der Waals surface area contributed by atoms with E-state index in [1.165, 1.54) is 48.0 Å². The quantitative estimate of drug-likeness (QED) is 0.475. The van der Waals surface area contributed by atoms with E-state index < -0.39 is 11.8 Å². The van der Waals surface area contributed by atoms with Crippen molar-refractivity contribution in [3.05, 3.63) is 70.1 Å². The summed E-state index contributed by atoms with van der Waals surface area (Å²) in [6.07, 6.45) is 4.18. The predicted molar refractivity (Wildman–Crippen MR) is 90.1 cm³/mol. The highest BCUT2D eigenvalue weighted by Crippen LogP contribution is 2.23. The first-order valence-electron chi connectivity index (χ1n) is 6.90. The molecule has 122 valence electrons. The Morgan fingerprint density at radius 2 is 2.29 bits per heavy atom. The van der Waals surface area contributed by atoms with Crippen LogP contribution in [0, 0.1) is 5.82 Å². The second-order valence-electron chi connectivity index (χ2n) is 4.74. The number of rotatable bonds is 5. The first-order chi connectivity index (χ1) is 11.6. The summed E-state index contributed by atoms with van der Waals surface area (Å²) in [5.41, 5.74) is 1.12. The topological polar surface area (TPSA) is 52.3 Å². The van der Waals surface area contributed by atoms with Gasteiger partial charge in [-0.2, -0.15) is 0 Å². The smallest absolute Gasteiger partial charge is 0.331 e. The maximum atomic E-state index is 13.0. The number of aromatic nitrogens is 1. The summed E-state index contributed by atoms with van der Waals surface area (Å²) in [6.45, 7) is 0.00220. The molecule has 0 fully saturated rings. The number of thiophene rings is 1. The number of carbonyl (C=O) groups excluding carboxylic acids is 1. The van der Waals surface area contributed by atoms with E-state index in [9.17, 15) is 9.18 Å². The highest BCUT2D eigenvalue weighted by molar-refractivity contribution is 7.13. The summed E-state index contributed by atoms with van der Waals surface area (Å²) in [7, 11) is 0. The number of hydrogen-bond acceptors (Lipinski definition) is 5. The SMILES string of the molecule is O=C(/C=C/c1ccc(F)c(Cl)c1)OCc1coc(-c2cccs2)n1. The second kappa shape index (κ2) is 7.42. The van der Waals surface area contributed by atoms with Crippen LogP contribution < -0.4 is 0 Å². The molecule has 0 aliphatic rings. The third-order valence-electron chi connectivity index (χ3n) is 3.00. The Hall–Kier alpha value is -2.44. The maximum absolute atomic E-state index is 13.0. The molecule has 0 N–H and O–H groups in total. The molecule has 0 bridgehead atoms. The van der Waals surface area contributed by atoms with Crippen molar-refractivity contribution in [1.29, 1.82) is 0 Å². The molecule has 0 aliphatic heterocycles. The van der Waals surface area contributed by atoms with Crippen LogP contribution in [0.3, 0.4) is 0 Å². The fourth-order valence-electron chi connectivity index (χ4n) is 1.86. The van der Waals surface area contributed by atoms with Gasteiger partial charge in [-0.05, 0) is 35.2 Å². The van der Waals surface area contributed by atoms with E-state index in [1.807, 2.05) is 17.5 Å². The van der Waals surface area contributed by atoms with E-state index in [0.29, 0.717) is 17.1 Å². The predicted octanol–water partition coefficient (Wildman–Crippen LogP) is 4.95. The van der Waals surface area contributed by atoms with Gasteiger partial charge in [0.05, 0.1) is 9.90 Å². The van der Waals surface area contributed by atoms with Gasteiger partial charge in [0.15, 0.2) is 0 Å². The molecule has 0 aliphatic carbocycles. The molecule has 0 saturated heterocycles. The Morgan fingerprint density at radius 1 is 1.42 bits per heavy atom. The van der Waals surface area contributed by atoms with E-state index in [2.05, 4.69) is 4.98 Å². The number of benzene rings is 1. The number of nitrogens with zero attached hydrogens (tertiary/aromatic N) is 1. The largest absolute Gasteiger partial charge is 0.456 e. The fraction of sp³-hybridized carbons (Fsp3) is 0.0588. The van der Waals surface area contributed by atoms with E-state index in [-0.39, 0.29) is 11.6 Å². The molecule has 3 aromatic rings. The molecule has 1 aromatic carbocycles. The van der Waals surface area contributed by atoms with Gasteiger partial charge in [-0.3, -0.25) is 0 Å². The number of halogens is 2. The fourth-order valence-corrected chi connectivity index (χ4v) is 2.70. The van der Waals surface area contributed by atoms with Crippen molar-refractivity contribution >= 4 is 35.0 Å². The lowest BCUT2D eigenvalue weighted by atomic mass is 10.2. The summed E-state index contributed by atoms with van der Waals surface area (Å²) >= 11 is 7.18. The van der Waals surface area contributed by atoms with Crippen molar-refractivity contribution < 1.29 is 18.3 Å². The molecule has 2 aromatic heterocycles. The first kappa shape index (κ1) is 16.4. The number of hydrogen-bond donors (Lipinski definition) is 0. The lowest BCUT2D eigenvalue weighted by Gasteiger charge is -1.99. The highest BCUT2D eigenvalue weighted by Gasteiger charge is 2.09. The zero-order chi connectivity index (χ0) is 16.9. The van der Waals surface area contributed by atoms with Crippen molar-refractivity contribution in [3.8, 4) is 10.8 Å². The Morgan fingerprint density at radius 3 is 3.04 bits per heavy atom. The third kappa shape index (κ3) is 4.10. The summed E-state index contributed by atoms with van der Waals surface area (Å²) in [5, 5.41) is 1.92. The summed E-state index contributed by atoms with van der Waals surface area (Å²) in [5.74, 6) is -0.562. The number of ether oxygens (including phenoxy) is 1. The Labute approximate surface area is 146 Å². The molecule has 0 amide bonds. The van der Waals surface area contributed by atoms with Crippen LogP contribution in [0.1, 0.15) is 11.3 Å². The Balaban J connectivity index is 1.55. The summed E-state index contributed by atoms with van der Waals surface area (Å²) in [6, 6.07) is 7.95. The molecule has 24 heavy (non-hydrogen) atoms. The van der Waals surface area contributed by atoms with E-state index in [0.717, 1.165) is 4.88 Å². The molecule has 0 spiro atoms. The normalized spacial score (nSPS) is 11.1. The molecule has 0 saturated carbocycles. The Bertz CT molecular complexity index is 874. The van der Waals surface area contributed by atoms with Gasteiger partial charge in [-0.15, -0.1) is 11.3 Å². The van der Waals surface area contributed by atoms with Gasteiger partial charge < -0.3 is 9.15 Å². The van der Waals surface area contributed by atoms with Crippen LogP contribution in [0.2, 0.25) is 5.02 Å². The molecule has 4 nitrogen and oxygen atoms in total. The monoisotopic (exact) mass is 363 g/mol. The number of oxazole rings is 1. The minimum atomic E-state index is -0.545. The molecule has 2 heterocycles. The molecule has 3 rings (SSSR count). The van der Waals surface area contributed by atoms with Gasteiger partial charge in [-0.1, -0.05) is 23.7 Å². The van der Waals surface area contributed by atoms with Gasteiger partial charge >= 0.3 is 5.97 Å². The van der Waals surface area contributed by atoms with E-state index in [1.54, 1.807) is 0 Å². The average molecular weight is 364 g/mol. The number of esters is 1. The van der Waals surface area contributed by atoms with Gasteiger partial charge in [0.1, 0.15) is 24.4 Å². The van der Waals surface area contributed by atoms with Crippen LogP contribution in [0.4, 0.5) is 4.39 Å². The summed E-state index contributed by atoms with van der Waals surface area (Å²) in [4.78, 5) is 16.9. The van der Waals surface area contributed by atoms with Crippen LogP contribution >= 0.6 is 22.9 Å². The molecule has 0 unspecified atom stereocenters. The van der Waals surface area contributed by atoms with Crippen LogP contribution in [-0.4, -0.2) is 11.0 Å². The van der Waals surface area contributed by atoms with Crippen LogP contribution in [0.25, 0.3) is 16.8 Å². The molecule has 0 radical (unpaired) electrons. The van der Waals surface area contributed by atoms with Gasteiger partial charge in [0.2, 0.25) is 5.89 Å². The van der Waals surface area contributed by atoms with E-state index in [4.69, 9.17) is 20.8 Å². The van der Waals surface area contributed by atoms with Crippen molar-refractivity contribution in [2.24, 2.45) is 0 Å². The van der Waals surface area contributed by atoms with Crippen molar-refractivity contribution in [3.63, 3.8) is 0 Å². The minimum Gasteiger partial charge on any atom is -0.456 e. The molecule has 7 heteroatoms. The van der Waals surface area contributed by atoms with Crippen molar-refractivity contribution in [1.82, 2.24) is 4.98 Å². The standard InChI is InChI=1S/C17H11ClFNO3S/c18-13-8-11(3-5-14(13)19)4-6-16(21)22-9-12-10-23-17(20-12)15-2-1-7-24-15/h1-8,10H,9H2/b6-4+. The van der Waals surface area contributed by atoms with E-state index >= 15 is 0 Å². The molecular formula is C17H11ClFNO3S. The lowest BCUT2D eigenvalue weighted by molar-refractivity contribution is -0.139.